The van der Waals surface area contributed by atoms with Crippen LogP contribution in [0.4, 0.5) is 11.4 Å². The fraction of sp³-hybridized carbons (Fsp3) is 0.400. The van der Waals surface area contributed by atoms with Gasteiger partial charge in [0.1, 0.15) is 0 Å². The van der Waals surface area contributed by atoms with Crippen molar-refractivity contribution in [2.45, 2.75) is 26.7 Å². The van der Waals surface area contributed by atoms with Gasteiger partial charge >= 0.3 is 0 Å². The van der Waals surface area contributed by atoms with Gasteiger partial charge in [0.2, 0.25) is 0 Å². The van der Waals surface area contributed by atoms with E-state index in [4.69, 9.17) is 0 Å². The summed E-state index contributed by atoms with van der Waals surface area (Å²) in [5.74, 6) is 0.0160. The smallest absolute Gasteiger partial charge is 0.187 e. The van der Waals surface area contributed by atoms with Crippen molar-refractivity contribution in [2.75, 3.05) is 50.5 Å². The molecule has 0 spiro atoms. The van der Waals surface area contributed by atoms with Gasteiger partial charge in [-0.1, -0.05) is 44.2 Å². The van der Waals surface area contributed by atoms with Gasteiger partial charge in [-0.2, -0.15) is 0 Å². The van der Waals surface area contributed by atoms with E-state index in [0.717, 1.165) is 50.3 Å². The molecule has 1 N–H and O–H groups in total. The summed E-state index contributed by atoms with van der Waals surface area (Å²) >= 11 is 0. The van der Waals surface area contributed by atoms with E-state index in [9.17, 15) is 4.79 Å². The van der Waals surface area contributed by atoms with Crippen LogP contribution in [0.3, 0.4) is 0 Å². The maximum Gasteiger partial charge on any atom is 0.187 e. The van der Waals surface area contributed by atoms with Gasteiger partial charge in [-0.15, -0.1) is 0 Å². The van der Waals surface area contributed by atoms with Crippen LogP contribution in [0.15, 0.2) is 54.6 Å². The van der Waals surface area contributed by atoms with Gasteiger partial charge < -0.3 is 15.1 Å². The van der Waals surface area contributed by atoms with Crippen molar-refractivity contribution in [1.29, 1.82) is 0 Å². The Bertz CT molecular complexity index is 792. The standard InChI is InChI=1S/C25H35N3O/c1-5-17-28(18-6-2)22-11-9-10-21(20-22)14-15-25(29)23-12-7-8-13-24(23)26-16-19-27(3)4/h7-15,20,26H,5-6,16-19H2,1-4H3. The first-order valence-electron chi connectivity index (χ1n) is 10.6. The number of anilines is 2. The minimum absolute atomic E-state index is 0.0160. The Kier molecular flexibility index (Phi) is 9.45. The molecule has 0 unspecified atom stereocenters. The lowest BCUT2D eigenvalue weighted by Gasteiger charge is -2.24. The first kappa shape index (κ1) is 22.7. The van der Waals surface area contributed by atoms with Crippen molar-refractivity contribution in [1.82, 2.24) is 4.90 Å². The molecule has 0 aliphatic heterocycles. The Balaban J connectivity index is 2.12. The second-order valence-electron chi connectivity index (χ2n) is 7.56. The van der Waals surface area contributed by atoms with E-state index in [0.29, 0.717) is 5.56 Å². The summed E-state index contributed by atoms with van der Waals surface area (Å²) < 4.78 is 0. The summed E-state index contributed by atoms with van der Waals surface area (Å²) in [6, 6.07) is 16.1. The Morgan fingerprint density at radius 3 is 2.38 bits per heavy atom. The van der Waals surface area contributed by atoms with Crippen LogP contribution in [0.1, 0.15) is 42.6 Å². The lowest BCUT2D eigenvalue weighted by Crippen LogP contribution is -2.24. The molecule has 4 heteroatoms. The maximum absolute atomic E-state index is 12.8. The number of ketones is 1. The van der Waals surface area contributed by atoms with Crippen LogP contribution in [-0.2, 0) is 0 Å². The molecule has 2 rings (SSSR count). The van der Waals surface area contributed by atoms with E-state index >= 15 is 0 Å². The lowest BCUT2D eigenvalue weighted by atomic mass is 10.1. The van der Waals surface area contributed by atoms with E-state index in [1.165, 1.54) is 5.69 Å². The number of carbonyl (C=O) groups is 1. The molecule has 0 saturated heterocycles. The fourth-order valence-electron chi connectivity index (χ4n) is 3.26. The normalized spacial score (nSPS) is 11.2. The van der Waals surface area contributed by atoms with Gasteiger partial charge in [0.15, 0.2) is 5.78 Å². The minimum Gasteiger partial charge on any atom is -0.383 e. The van der Waals surface area contributed by atoms with Gasteiger partial charge in [0.25, 0.3) is 0 Å². The highest BCUT2D eigenvalue weighted by Crippen LogP contribution is 2.20. The predicted molar refractivity (Wildman–Crippen MR) is 126 cm³/mol. The molecule has 0 aliphatic carbocycles. The van der Waals surface area contributed by atoms with Crippen LogP contribution in [0.5, 0.6) is 0 Å². The Morgan fingerprint density at radius 2 is 1.69 bits per heavy atom. The molecule has 4 nitrogen and oxygen atoms in total. The number of likely N-dealkylation sites (N-methyl/N-ethyl adjacent to an activating group) is 1. The topological polar surface area (TPSA) is 35.6 Å². The molecule has 29 heavy (non-hydrogen) atoms. The second-order valence-corrected chi connectivity index (χ2v) is 7.56. The number of nitrogens with one attached hydrogen (secondary N) is 1. The molecular formula is C25H35N3O. The number of allylic oxidation sites excluding steroid dienone is 1. The van der Waals surface area contributed by atoms with Crippen LogP contribution in [0, 0.1) is 0 Å². The number of carbonyl (C=O) groups excluding carboxylic acids is 1. The molecule has 2 aromatic rings. The van der Waals surface area contributed by atoms with Gasteiger partial charge in [-0.25, -0.2) is 0 Å². The minimum atomic E-state index is 0.0160. The van der Waals surface area contributed by atoms with E-state index in [1.54, 1.807) is 6.08 Å². The molecule has 0 fully saturated rings. The quantitative estimate of drug-likeness (QED) is 0.398. The Morgan fingerprint density at radius 1 is 0.966 bits per heavy atom. The summed E-state index contributed by atoms with van der Waals surface area (Å²) in [6.45, 7) is 8.22. The van der Waals surface area contributed by atoms with Crippen LogP contribution < -0.4 is 10.2 Å². The van der Waals surface area contributed by atoms with Gasteiger partial charge in [-0.05, 0) is 62.8 Å². The molecule has 0 atom stereocenters. The fourth-order valence-corrected chi connectivity index (χ4v) is 3.26. The molecule has 2 aromatic carbocycles. The molecule has 0 amide bonds. The van der Waals surface area contributed by atoms with Crippen molar-refractivity contribution in [3.8, 4) is 0 Å². The van der Waals surface area contributed by atoms with E-state index in [-0.39, 0.29) is 5.78 Å². The molecule has 0 aromatic heterocycles. The number of nitrogens with zero attached hydrogens (tertiary/aromatic N) is 2. The van der Waals surface area contributed by atoms with Gasteiger partial charge in [0.05, 0.1) is 0 Å². The zero-order valence-corrected chi connectivity index (χ0v) is 18.3. The van der Waals surface area contributed by atoms with Crippen LogP contribution in [-0.4, -0.2) is 51.0 Å². The Labute approximate surface area is 176 Å². The average Bonchev–Trinajstić information content (AvgIpc) is 2.72. The van der Waals surface area contributed by atoms with Crippen molar-refractivity contribution in [2.24, 2.45) is 0 Å². The monoisotopic (exact) mass is 393 g/mol. The third-order valence-corrected chi connectivity index (χ3v) is 4.72. The molecule has 0 radical (unpaired) electrons. The van der Waals surface area contributed by atoms with Crippen LogP contribution in [0.25, 0.3) is 6.08 Å². The number of hydrogen-bond acceptors (Lipinski definition) is 4. The highest BCUT2D eigenvalue weighted by Gasteiger charge is 2.08. The van der Waals surface area contributed by atoms with Crippen LogP contribution in [0.2, 0.25) is 0 Å². The van der Waals surface area contributed by atoms with Crippen molar-refractivity contribution in [3.05, 3.63) is 65.7 Å². The SMILES string of the molecule is CCCN(CCC)c1cccc(C=CC(=O)c2ccccc2NCCN(C)C)c1. The summed E-state index contributed by atoms with van der Waals surface area (Å²) in [7, 11) is 4.08. The van der Waals surface area contributed by atoms with Gasteiger partial charge in [0, 0.05) is 43.1 Å². The van der Waals surface area contributed by atoms with Crippen molar-refractivity contribution < 1.29 is 4.79 Å². The van der Waals surface area contributed by atoms with E-state index in [2.05, 4.69) is 47.2 Å². The number of benzene rings is 2. The molecular weight excluding hydrogens is 358 g/mol. The number of hydrogen-bond donors (Lipinski definition) is 1. The zero-order valence-electron chi connectivity index (χ0n) is 18.3. The summed E-state index contributed by atoms with van der Waals surface area (Å²) in [6.07, 6.45) is 5.83. The second kappa shape index (κ2) is 12.1. The predicted octanol–water partition coefficient (Wildman–Crippen LogP) is 5.18. The third kappa shape index (κ3) is 7.39. The van der Waals surface area contributed by atoms with Gasteiger partial charge in [-0.3, -0.25) is 4.79 Å². The first-order chi connectivity index (χ1) is 14.0. The zero-order chi connectivity index (χ0) is 21.1. The third-order valence-electron chi connectivity index (χ3n) is 4.72. The van der Waals surface area contributed by atoms with E-state index in [1.807, 2.05) is 50.5 Å². The van der Waals surface area contributed by atoms with Crippen molar-refractivity contribution >= 4 is 23.2 Å². The number of para-hydroxylation sites is 1. The number of rotatable bonds is 12. The van der Waals surface area contributed by atoms with Crippen LogP contribution >= 0.6 is 0 Å². The molecule has 0 saturated carbocycles. The lowest BCUT2D eigenvalue weighted by molar-refractivity contribution is 0.104. The molecule has 156 valence electrons. The first-order valence-corrected chi connectivity index (χ1v) is 10.6. The maximum atomic E-state index is 12.8. The highest BCUT2D eigenvalue weighted by atomic mass is 16.1. The highest BCUT2D eigenvalue weighted by molar-refractivity contribution is 6.10. The molecule has 0 heterocycles. The largest absolute Gasteiger partial charge is 0.383 e. The summed E-state index contributed by atoms with van der Waals surface area (Å²) in [5, 5.41) is 3.37. The Hall–Kier alpha value is -2.59. The van der Waals surface area contributed by atoms with E-state index < -0.39 is 0 Å². The molecule has 0 bridgehead atoms. The average molecular weight is 394 g/mol. The van der Waals surface area contributed by atoms with Crippen molar-refractivity contribution in [3.63, 3.8) is 0 Å². The summed E-state index contributed by atoms with van der Waals surface area (Å²) in [5.41, 5.74) is 3.85. The summed E-state index contributed by atoms with van der Waals surface area (Å²) in [4.78, 5) is 17.3. The molecule has 0 aliphatic rings.